The fourth-order valence-electron chi connectivity index (χ4n) is 2.16. The van der Waals surface area contributed by atoms with Crippen molar-refractivity contribution in [2.45, 2.75) is 51.7 Å². The fourth-order valence-corrected chi connectivity index (χ4v) is 2.16. The summed E-state index contributed by atoms with van der Waals surface area (Å²) in [5, 5.41) is 3.53. The molecule has 2 amide bonds. The molecule has 106 valence electrons. The highest BCUT2D eigenvalue weighted by Crippen LogP contribution is 2.09. The second-order valence-electron chi connectivity index (χ2n) is 5.18. The van der Waals surface area contributed by atoms with Crippen molar-refractivity contribution in [1.82, 2.24) is 10.2 Å². The van der Waals surface area contributed by atoms with Gasteiger partial charge in [0.2, 0.25) is 0 Å². The minimum absolute atomic E-state index is 0.292. The lowest BCUT2D eigenvalue weighted by Crippen LogP contribution is -2.46. The van der Waals surface area contributed by atoms with Gasteiger partial charge in [-0.3, -0.25) is 0 Å². The van der Waals surface area contributed by atoms with Gasteiger partial charge in [0.1, 0.15) is 0 Å². The van der Waals surface area contributed by atoms with E-state index in [0.717, 1.165) is 51.9 Å². The van der Waals surface area contributed by atoms with E-state index in [2.05, 4.69) is 19.2 Å². The Hall–Kier alpha value is -0.810. The van der Waals surface area contributed by atoms with Crippen LogP contribution in [0.4, 0.5) is 4.79 Å². The van der Waals surface area contributed by atoms with Gasteiger partial charge in [-0.1, -0.05) is 0 Å². The zero-order valence-electron chi connectivity index (χ0n) is 11.7. The van der Waals surface area contributed by atoms with Crippen molar-refractivity contribution in [3.63, 3.8) is 0 Å². The molecule has 1 aliphatic rings. The van der Waals surface area contributed by atoms with Crippen molar-refractivity contribution in [2.75, 3.05) is 26.2 Å². The van der Waals surface area contributed by atoms with Crippen molar-refractivity contribution in [3.05, 3.63) is 0 Å². The summed E-state index contributed by atoms with van der Waals surface area (Å²) in [6.07, 6.45) is 4.58. The van der Waals surface area contributed by atoms with Crippen molar-refractivity contribution in [3.8, 4) is 0 Å². The zero-order valence-corrected chi connectivity index (χ0v) is 11.7. The minimum atomic E-state index is -0.292. The van der Waals surface area contributed by atoms with Crippen LogP contribution in [0.1, 0.15) is 39.5 Å². The lowest BCUT2D eigenvalue weighted by Gasteiger charge is -2.31. The third kappa shape index (κ3) is 6.21. The number of hydrogen-bond acceptors (Lipinski definition) is 3. The summed E-state index contributed by atoms with van der Waals surface area (Å²) in [6, 6.07) is 0.242. The summed E-state index contributed by atoms with van der Waals surface area (Å²) in [7, 11) is 0. The number of nitrogens with one attached hydrogen (secondary N) is 1. The summed E-state index contributed by atoms with van der Waals surface area (Å²) in [4.78, 5) is 12.7. The molecule has 1 rings (SSSR count). The molecule has 0 radical (unpaired) electrons. The molecule has 5 heteroatoms. The third-order valence-electron chi connectivity index (χ3n) is 3.26. The molecule has 1 aliphatic heterocycles. The predicted molar refractivity (Wildman–Crippen MR) is 72.5 cm³/mol. The Morgan fingerprint density at radius 2 is 2.06 bits per heavy atom. The Balaban J connectivity index is 1.96. The Bertz CT molecular complexity index is 238. The Morgan fingerprint density at radius 1 is 1.39 bits per heavy atom. The molecule has 0 atom stereocenters. The van der Waals surface area contributed by atoms with Crippen LogP contribution in [0.3, 0.4) is 0 Å². The first kappa shape index (κ1) is 15.2. The largest absolute Gasteiger partial charge is 0.379 e. The van der Waals surface area contributed by atoms with Gasteiger partial charge in [-0.2, -0.15) is 0 Å². The molecule has 1 fully saturated rings. The zero-order chi connectivity index (χ0) is 13.4. The number of unbranched alkanes of at least 4 members (excludes halogenated alkanes) is 1. The van der Waals surface area contributed by atoms with Crippen LogP contribution < -0.4 is 11.1 Å². The highest BCUT2D eigenvalue weighted by molar-refractivity contribution is 5.72. The second-order valence-corrected chi connectivity index (χ2v) is 5.18. The van der Waals surface area contributed by atoms with Crippen molar-refractivity contribution >= 4 is 6.03 Å². The van der Waals surface area contributed by atoms with Crippen LogP contribution in [0.15, 0.2) is 0 Å². The first-order chi connectivity index (χ1) is 8.59. The van der Waals surface area contributed by atoms with Crippen molar-refractivity contribution in [1.29, 1.82) is 0 Å². The quantitative estimate of drug-likeness (QED) is 0.676. The van der Waals surface area contributed by atoms with E-state index >= 15 is 0 Å². The molecule has 0 aromatic carbocycles. The number of urea groups is 1. The average Bonchev–Trinajstić information content (AvgIpc) is 2.34. The number of likely N-dealkylation sites (tertiary alicyclic amines) is 1. The molecule has 0 bridgehead atoms. The van der Waals surface area contributed by atoms with Crippen LogP contribution in [0.5, 0.6) is 0 Å². The number of piperidine rings is 1. The maximum absolute atomic E-state index is 11.0. The number of carbonyl (C=O) groups is 1. The number of primary amides is 1. The molecule has 3 N–H and O–H groups in total. The number of nitrogens with two attached hydrogens (primary N) is 1. The molecule has 0 aromatic rings. The Labute approximate surface area is 110 Å². The number of carbonyl (C=O) groups excluding carboxylic acids is 1. The molecule has 18 heavy (non-hydrogen) atoms. The SMILES string of the molecule is CC(C)OCCCCNC1CCN(C(N)=O)CC1. The molecular formula is C13H27N3O2. The van der Waals surface area contributed by atoms with Crippen molar-refractivity contribution < 1.29 is 9.53 Å². The van der Waals surface area contributed by atoms with Gasteiger partial charge in [0.15, 0.2) is 0 Å². The fraction of sp³-hybridized carbons (Fsp3) is 0.923. The van der Waals surface area contributed by atoms with Crippen LogP contribution in [0, 0.1) is 0 Å². The van der Waals surface area contributed by atoms with Gasteiger partial charge in [0.25, 0.3) is 0 Å². The molecule has 0 spiro atoms. The van der Waals surface area contributed by atoms with Gasteiger partial charge in [-0.15, -0.1) is 0 Å². The second kappa shape index (κ2) is 8.32. The van der Waals surface area contributed by atoms with E-state index in [0.29, 0.717) is 12.1 Å². The Kier molecular flexibility index (Phi) is 7.05. The summed E-state index contributed by atoms with van der Waals surface area (Å²) in [5.41, 5.74) is 5.24. The van der Waals surface area contributed by atoms with Gasteiger partial charge in [-0.25, -0.2) is 4.79 Å². The molecular weight excluding hydrogens is 230 g/mol. The summed E-state index contributed by atoms with van der Waals surface area (Å²) in [6.45, 7) is 7.56. The molecule has 0 saturated carbocycles. The molecule has 0 aliphatic carbocycles. The third-order valence-corrected chi connectivity index (χ3v) is 3.26. The molecule has 1 saturated heterocycles. The van der Waals surface area contributed by atoms with E-state index in [1.807, 2.05) is 0 Å². The van der Waals surface area contributed by atoms with Crippen molar-refractivity contribution in [2.24, 2.45) is 5.73 Å². The molecule has 0 unspecified atom stereocenters. The Morgan fingerprint density at radius 3 is 2.61 bits per heavy atom. The maximum atomic E-state index is 11.0. The lowest BCUT2D eigenvalue weighted by atomic mass is 10.1. The van der Waals surface area contributed by atoms with Crippen LogP contribution in [0.2, 0.25) is 0 Å². The smallest absolute Gasteiger partial charge is 0.314 e. The van der Waals surface area contributed by atoms with Crippen LogP contribution in [-0.4, -0.2) is 49.3 Å². The first-order valence-corrected chi connectivity index (χ1v) is 6.99. The topological polar surface area (TPSA) is 67.6 Å². The monoisotopic (exact) mass is 257 g/mol. The standard InChI is InChI=1S/C13H27N3O2/c1-11(2)18-10-4-3-7-15-12-5-8-16(9-6-12)13(14)17/h11-12,15H,3-10H2,1-2H3,(H2,14,17). The van der Waals surface area contributed by atoms with E-state index in [-0.39, 0.29) is 6.03 Å². The number of nitrogens with zero attached hydrogens (tertiary/aromatic N) is 1. The molecule has 5 nitrogen and oxygen atoms in total. The highest BCUT2D eigenvalue weighted by Gasteiger charge is 2.20. The number of ether oxygens (including phenoxy) is 1. The van der Waals surface area contributed by atoms with Crippen LogP contribution in [0.25, 0.3) is 0 Å². The first-order valence-electron chi connectivity index (χ1n) is 6.99. The van der Waals surface area contributed by atoms with E-state index in [1.165, 1.54) is 0 Å². The summed E-state index contributed by atoms with van der Waals surface area (Å²) < 4.78 is 5.49. The highest BCUT2D eigenvalue weighted by atomic mass is 16.5. The van der Waals surface area contributed by atoms with E-state index in [1.54, 1.807) is 4.90 Å². The number of hydrogen-bond donors (Lipinski definition) is 2. The van der Waals surface area contributed by atoms with E-state index in [4.69, 9.17) is 10.5 Å². The van der Waals surface area contributed by atoms with E-state index in [9.17, 15) is 4.79 Å². The van der Waals surface area contributed by atoms with Gasteiger partial charge in [0, 0.05) is 25.7 Å². The maximum Gasteiger partial charge on any atom is 0.314 e. The summed E-state index contributed by atoms with van der Waals surface area (Å²) >= 11 is 0. The van der Waals surface area contributed by atoms with Crippen LogP contribution >= 0.6 is 0 Å². The van der Waals surface area contributed by atoms with Gasteiger partial charge in [0.05, 0.1) is 6.10 Å². The predicted octanol–water partition coefficient (Wildman–Crippen LogP) is 1.32. The number of amides is 2. The molecule has 1 heterocycles. The van der Waals surface area contributed by atoms with E-state index < -0.39 is 0 Å². The van der Waals surface area contributed by atoms with Gasteiger partial charge >= 0.3 is 6.03 Å². The lowest BCUT2D eigenvalue weighted by molar-refractivity contribution is 0.0758. The summed E-state index contributed by atoms with van der Waals surface area (Å²) in [5.74, 6) is 0. The average molecular weight is 257 g/mol. The molecule has 0 aromatic heterocycles. The van der Waals surface area contributed by atoms with Gasteiger partial charge in [-0.05, 0) is 46.1 Å². The minimum Gasteiger partial charge on any atom is -0.379 e. The van der Waals surface area contributed by atoms with Gasteiger partial charge < -0.3 is 20.7 Å². The number of rotatable bonds is 7. The van der Waals surface area contributed by atoms with Crippen LogP contribution in [-0.2, 0) is 4.74 Å². The normalized spacial score (nSPS) is 17.4.